The SMILES string of the molecule is Cc1nn(C)c(CC(=O)c2cccs2)c1Br. The van der Waals surface area contributed by atoms with E-state index in [1.807, 2.05) is 31.5 Å². The third-order valence-corrected chi connectivity index (χ3v) is 4.33. The van der Waals surface area contributed by atoms with Crippen molar-refractivity contribution >= 4 is 33.0 Å². The monoisotopic (exact) mass is 298 g/mol. The normalized spacial score (nSPS) is 10.7. The second kappa shape index (κ2) is 4.51. The van der Waals surface area contributed by atoms with Crippen LogP contribution in [-0.4, -0.2) is 15.6 Å². The molecule has 0 aliphatic carbocycles. The van der Waals surface area contributed by atoms with E-state index in [0.717, 1.165) is 20.7 Å². The molecule has 0 fully saturated rings. The highest BCUT2D eigenvalue weighted by atomic mass is 79.9. The predicted molar refractivity (Wildman–Crippen MR) is 68.0 cm³/mol. The van der Waals surface area contributed by atoms with Crippen LogP contribution in [0, 0.1) is 6.92 Å². The van der Waals surface area contributed by atoms with Crippen LogP contribution in [0.4, 0.5) is 0 Å². The third kappa shape index (κ3) is 2.10. The van der Waals surface area contributed by atoms with Crippen LogP contribution >= 0.6 is 27.3 Å². The Kier molecular flexibility index (Phi) is 3.25. The van der Waals surface area contributed by atoms with Gasteiger partial charge in [0.25, 0.3) is 0 Å². The molecule has 3 nitrogen and oxygen atoms in total. The highest BCUT2D eigenvalue weighted by molar-refractivity contribution is 9.10. The van der Waals surface area contributed by atoms with Gasteiger partial charge in [0.2, 0.25) is 0 Å². The average Bonchev–Trinajstić information content (AvgIpc) is 2.83. The summed E-state index contributed by atoms with van der Waals surface area (Å²) in [5, 5.41) is 6.18. The lowest BCUT2D eigenvalue weighted by atomic mass is 10.2. The molecule has 16 heavy (non-hydrogen) atoms. The van der Waals surface area contributed by atoms with Crippen molar-refractivity contribution in [2.24, 2.45) is 7.05 Å². The standard InChI is InChI=1S/C11H11BrN2OS/c1-7-11(12)8(14(2)13-7)6-9(15)10-4-3-5-16-10/h3-5H,6H2,1-2H3. The van der Waals surface area contributed by atoms with Crippen LogP contribution in [0.2, 0.25) is 0 Å². The van der Waals surface area contributed by atoms with Crippen molar-refractivity contribution in [2.75, 3.05) is 0 Å². The molecule has 0 N–H and O–H groups in total. The first kappa shape index (κ1) is 11.5. The zero-order valence-electron chi connectivity index (χ0n) is 9.03. The van der Waals surface area contributed by atoms with Gasteiger partial charge in [-0.25, -0.2) is 0 Å². The maximum atomic E-state index is 11.9. The Balaban J connectivity index is 2.25. The van der Waals surface area contributed by atoms with E-state index in [-0.39, 0.29) is 5.78 Å². The van der Waals surface area contributed by atoms with E-state index in [1.54, 1.807) is 4.68 Å². The largest absolute Gasteiger partial charge is 0.293 e. The molecule has 0 aliphatic rings. The smallest absolute Gasteiger partial charge is 0.178 e. The lowest BCUT2D eigenvalue weighted by Gasteiger charge is -2.00. The Hall–Kier alpha value is -0.940. The van der Waals surface area contributed by atoms with Crippen molar-refractivity contribution in [3.63, 3.8) is 0 Å². The van der Waals surface area contributed by atoms with Crippen molar-refractivity contribution in [1.82, 2.24) is 9.78 Å². The van der Waals surface area contributed by atoms with Gasteiger partial charge in [-0.15, -0.1) is 11.3 Å². The van der Waals surface area contributed by atoms with Crippen LogP contribution in [0.1, 0.15) is 21.1 Å². The molecule has 5 heteroatoms. The second-order valence-electron chi connectivity index (χ2n) is 3.55. The minimum Gasteiger partial charge on any atom is -0.293 e. The second-order valence-corrected chi connectivity index (χ2v) is 5.29. The Labute approximate surface area is 106 Å². The van der Waals surface area contributed by atoms with Crippen LogP contribution in [-0.2, 0) is 13.5 Å². The van der Waals surface area contributed by atoms with Crippen LogP contribution in [0.5, 0.6) is 0 Å². The number of aryl methyl sites for hydroxylation is 2. The molecule has 0 spiro atoms. The van der Waals surface area contributed by atoms with Gasteiger partial charge in [-0.1, -0.05) is 6.07 Å². The van der Waals surface area contributed by atoms with Gasteiger partial charge in [0.15, 0.2) is 5.78 Å². The van der Waals surface area contributed by atoms with Gasteiger partial charge >= 0.3 is 0 Å². The molecule has 0 aromatic carbocycles. The first-order chi connectivity index (χ1) is 7.59. The van der Waals surface area contributed by atoms with Gasteiger partial charge < -0.3 is 0 Å². The van der Waals surface area contributed by atoms with E-state index in [2.05, 4.69) is 21.0 Å². The van der Waals surface area contributed by atoms with E-state index in [4.69, 9.17) is 0 Å². The van der Waals surface area contributed by atoms with Crippen molar-refractivity contribution in [2.45, 2.75) is 13.3 Å². The fraction of sp³-hybridized carbons (Fsp3) is 0.273. The number of hydrogen-bond acceptors (Lipinski definition) is 3. The molecule has 0 amide bonds. The maximum Gasteiger partial charge on any atom is 0.178 e. The van der Waals surface area contributed by atoms with Gasteiger partial charge in [0, 0.05) is 7.05 Å². The molecule has 0 radical (unpaired) electrons. The predicted octanol–water partition coefficient (Wildman–Crippen LogP) is 2.98. The number of Topliss-reactive ketones (excluding diaryl/α,β-unsaturated/α-hetero) is 1. The van der Waals surface area contributed by atoms with Crippen LogP contribution in [0.3, 0.4) is 0 Å². The van der Waals surface area contributed by atoms with Gasteiger partial charge in [0.05, 0.1) is 27.2 Å². The highest BCUT2D eigenvalue weighted by Crippen LogP contribution is 2.22. The summed E-state index contributed by atoms with van der Waals surface area (Å²) in [7, 11) is 1.86. The molecular weight excluding hydrogens is 288 g/mol. The molecule has 2 aromatic heterocycles. The highest BCUT2D eigenvalue weighted by Gasteiger charge is 2.15. The van der Waals surface area contributed by atoms with E-state index in [1.165, 1.54) is 11.3 Å². The van der Waals surface area contributed by atoms with Crippen LogP contribution < -0.4 is 0 Å². The van der Waals surface area contributed by atoms with Crippen molar-refractivity contribution in [1.29, 1.82) is 0 Å². The Morgan fingerprint density at radius 1 is 1.62 bits per heavy atom. The summed E-state index contributed by atoms with van der Waals surface area (Å²) >= 11 is 4.93. The minimum atomic E-state index is 0.138. The molecule has 2 rings (SSSR count). The molecule has 2 aromatic rings. The zero-order chi connectivity index (χ0) is 11.7. The number of ketones is 1. The molecule has 0 saturated heterocycles. The van der Waals surface area contributed by atoms with Gasteiger partial charge in [-0.3, -0.25) is 9.48 Å². The Bertz CT molecular complexity index is 516. The molecule has 2 heterocycles. The molecule has 84 valence electrons. The molecule has 0 bridgehead atoms. The number of halogens is 1. The topological polar surface area (TPSA) is 34.9 Å². The summed E-state index contributed by atoms with van der Waals surface area (Å²) in [5.74, 6) is 0.138. The van der Waals surface area contributed by atoms with E-state index in [0.29, 0.717) is 6.42 Å². The Morgan fingerprint density at radius 3 is 2.88 bits per heavy atom. The number of carbonyl (C=O) groups excluding carboxylic acids is 1. The Morgan fingerprint density at radius 2 is 2.38 bits per heavy atom. The summed E-state index contributed by atoms with van der Waals surface area (Å²) in [6.45, 7) is 1.92. The maximum absolute atomic E-state index is 11.9. The fourth-order valence-electron chi connectivity index (χ4n) is 1.55. The quantitative estimate of drug-likeness (QED) is 0.817. The molecule has 0 saturated carbocycles. The fourth-order valence-corrected chi connectivity index (χ4v) is 2.69. The van der Waals surface area contributed by atoms with Crippen molar-refractivity contribution in [3.05, 3.63) is 38.3 Å². The number of carbonyl (C=O) groups is 1. The van der Waals surface area contributed by atoms with E-state index < -0.39 is 0 Å². The molecular formula is C11H11BrN2OS. The van der Waals surface area contributed by atoms with Gasteiger partial charge in [-0.2, -0.15) is 5.10 Å². The van der Waals surface area contributed by atoms with E-state index >= 15 is 0 Å². The minimum absolute atomic E-state index is 0.138. The number of hydrogen-bond donors (Lipinski definition) is 0. The third-order valence-electron chi connectivity index (χ3n) is 2.39. The van der Waals surface area contributed by atoms with Crippen LogP contribution in [0.25, 0.3) is 0 Å². The summed E-state index contributed by atoms with van der Waals surface area (Å²) in [5.41, 5.74) is 1.84. The summed E-state index contributed by atoms with van der Waals surface area (Å²) in [6.07, 6.45) is 0.387. The number of rotatable bonds is 3. The van der Waals surface area contributed by atoms with E-state index in [9.17, 15) is 4.79 Å². The van der Waals surface area contributed by atoms with Crippen molar-refractivity contribution < 1.29 is 4.79 Å². The number of aromatic nitrogens is 2. The summed E-state index contributed by atoms with van der Waals surface area (Å²) in [4.78, 5) is 12.7. The average molecular weight is 299 g/mol. The lowest BCUT2D eigenvalue weighted by Crippen LogP contribution is -2.07. The van der Waals surface area contributed by atoms with Crippen LogP contribution in [0.15, 0.2) is 22.0 Å². The summed E-state index contributed by atoms with van der Waals surface area (Å²) in [6, 6.07) is 3.74. The van der Waals surface area contributed by atoms with Gasteiger partial charge in [0.1, 0.15) is 0 Å². The number of nitrogens with zero attached hydrogens (tertiary/aromatic N) is 2. The number of thiophene rings is 1. The van der Waals surface area contributed by atoms with Gasteiger partial charge in [-0.05, 0) is 34.3 Å². The molecule has 0 aliphatic heterocycles. The first-order valence-corrected chi connectivity index (χ1v) is 6.51. The molecule has 0 atom stereocenters. The molecule has 0 unspecified atom stereocenters. The zero-order valence-corrected chi connectivity index (χ0v) is 11.4. The first-order valence-electron chi connectivity index (χ1n) is 4.84. The lowest BCUT2D eigenvalue weighted by molar-refractivity contribution is 0.0994. The van der Waals surface area contributed by atoms with Crippen molar-refractivity contribution in [3.8, 4) is 0 Å². The summed E-state index contributed by atoms with van der Waals surface area (Å²) < 4.78 is 2.69.